The van der Waals surface area contributed by atoms with Crippen LogP contribution in [0.2, 0.25) is 5.02 Å². The van der Waals surface area contributed by atoms with Gasteiger partial charge in [-0.15, -0.1) is 0 Å². The Morgan fingerprint density at radius 3 is 2.72 bits per heavy atom. The molecule has 2 heteroatoms. The van der Waals surface area contributed by atoms with Gasteiger partial charge in [-0.1, -0.05) is 42.2 Å². The van der Waals surface area contributed by atoms with Crippen LogP contribution in [0.4, 0.5) is 0 Å². The van der Waals surface area contributed by atoms with Crippen LogP contribution >= 0.6 is 11.6 Å². The lowest BCUT2D eigenvalue weighted by Crippen LogP contribution is -2.15. The molecule has 0 amide bonds. The highest BCUT2D eigenvalue weighted by molar-refractivity contribution is 6.30. The van der Waals surface area contributed by atoms with Crippen molar-refractivity contribution in [3.63, 3.8) is 0 Å². The van der Waals surface area contributed by atoms with Crippen molar-refractivity contribution in [1.82, 2.24) is 0 Å². The minimum atomic E-state index is 0.0420. The van der Waals surface area contributed by atoms with Gasteiger partial charge >= 0.3 is 0 Å². The highest BCUT2D eigenvalue weighted by Gasteiger charge is 2.14. The molecule has 0 aromatic heterocycles. The average Bonchev–Trinajstić information content (AvgIpc) is 2.27. The van der Waals surface area contributed by atoms with Gasteiger partial charge in [-0.25, -0.2) is 0 Å². The molecule has 0 heterocycles. The summed E-state index contributed by atoms with van der Waals surface area (Å²) in [4.78, 5) is 0. The molecule has 1 nitrogen and oxygen atoms in total. The first-order chi connectivity index (χ1) is 8.68. The first-order valence-corrected chi connectivity index (χ1v) is 7.27. The van der Waals surface area contributed by atoms with E-state index in [1.165, 1.54) is 48.8 Å². The highest BCUT2D eigenvalue weighted by atomic mass is 35.5. The molecule has 0 saturated carbocycles. The largest absolute Gasteiger partial charge is 0.321 e. The minimum absolute atomic E-state index is 0.0420. The standard InChI is InChI=1S/C16H22ClN/c1-12-11-14(17)9-10-15(12)16(18)13-7-5-3-2-4-6-8-13/h7,9-11,16H,2-6,8,18H2,1H3/b13-7+. The quantitative estimate of drug-likeness (QED) is 0.753. The lowest BCUT2D eigenvalue weighted by Gasteiger charge is -2.20. The molecule has 98 valence electrons. The van der Waals surface area contributed by atoms with Crippen molar-refractivity contribution in [2.45, 2.75) is 51.5 Å². The van der Waals surface area contributed by atoms with E-state index in [9.17, 15) is 0 Å². The number of hydrogen-bond acceptors (Lipinski definition) is 1. The van der Waals surface area contributed by atoms with Gasteiger partial charge in [0.2, 0.25) is 0 Å². The summed E-state index contributed by atoms with van der Waals surface area (Å²) in [5.74, 6) is 0. The summed E-state index contributed by atoms with van der Waals surface area (Å²) in [7, 11) is 0. The number of halogens is 1. The van der Waals surface area contributed by atoms with E-state index in [0.717, 1.165) is 11.4 Å². The van der Waals surface area contributed by atoms with Crippen molar-refractivity contribution < 1.29 is 0 Å². The summed E-state index contributed by atoms with van der Waals surface area (Å²) in [6.45, 7) is 2.09. The van der Waals surface area contributed by atoms with Crippen LogP contribution < -0.4 is 5.73 Å². The Hall–Kier alpha value is -0.790. The number of benzene rings is 1. The Morgan fingerprint density at radius 1 is 1.17 bits per heavy atom. The second kappa shape index (κ2) is 6.40. The lowest BCUT2D eigenvalue weighted by atomic mass is 9.90. The Balaban J connectivity index is 2.20. The first kappa shape index (κ1) is 13.6. The number of hydrogen-bond donors (Lipinski definition) is 1. The molecule has 1 atom stereocenters. The zero-order chi connectivity index (χ0) is 13.0. The Kier molecular flexibility index (Phi) is 4.85. The predicted octanol–water partition coefficient (Wildman–Crippen LogP) is 4.93. The fourth-order valence-corrected chi connectivity index (χ4v) is 2.91. The van der Waals surface area contributed by atoms with Crippen LogP contribution in [0.25, 0.3) is 0 Å². The van der Waals surface area contributed by atoms with E-state index < -0.39 is 0 Å². The molecule has 18 heavy (non-hydrogen) atoms. The fourth-order valence-electron chi connectivity index (χ4n) is 2.69. The summed E-state index contributed by atoms with van der Waals surface area (Å²) >= 11 is 6.00. The van der Waals surface area contributed by atoms with E-state index >= 15 is 0 Å². The second-order valence-corrected chi connectivity index (χ2v) is 5.65. The lowest BCUT2D eigenvalue weighted by molar-refractivity contribution is 0.602. The maximum absolute atomic E-state index is 6.43. The molecule has 2 N–H and O–H groups in total. The molecule has 0 fully saturated rings. The van der Waals surface area contributed by atoms with Crippen molar-refractivity contribution >= 4 is 11.6 Å². The number of nitrogens with two attached hydrogens (primary N) is 1. The van der Waals surface area contributed by atoms with Gasteiger partial charge in [0.25, 0.3) is 0 Å². The van der Waals surface area contributed by atoms with Crippen LogP contribution in [0.5, 0.6) is 0 Å². The predicted molar refractivity (Wildman–Crippen MR) is 78.9 cm³/mol. The second-order valence-electron chi connectivity index (χ2n) is 5.21. The van der Waals surface area contributed by atoms with Crippen LogP contribution in [0.3, 0.4) is 0 Å². The first-order valence-electron chi connectivity index (χ1n) is 6.89. The third kappa shape index (κ3) is 3.37. The molecule has 1 aromatic carbocycles. The number of allylic oxidation sites excluding steroid dienone is 1. The summed E-state index contributed by atoms with van der Waals surface area (Å²) in [6.07, 6.45) is 9.95. The van der Waals surface area contributed by atoms with E-state index in [2.05, 4.69) is 19.1 Å². The molecule has 1 aliphatic rings. The van der Waals surface area contributed by atoms with E-state index in [-0.39, 0.29) is 6.04 Å². The molecule has 0 bridgehead atoms. The van der Waals surface area contributed by atoms with Gasteiger partial charge in [-0.2, -0.15) is 0 Å². The highest BCUT2D eigenvalue weighted by Crippen LogP contribution is 2.29. The molecule has 1 aromatic rings. The fraction of sp³-hybridized carbons (Fsp3) is 0.500. The molecule has 0 aliphatic heterocycles. The van der Waals surface area contributed by atoms with Crippen LogP contribution in [-0.2, 0) is 0 Å². The van der Waals surface area contributed by atoms with Gasteiger partial charge in [0.05, 0.1) is 6.04 Å². The van der Waals surface area contributed by atoms with Crippen LogP contribution in [0.15, 0.2) is 29.8 Å². The van der Waals surface area contributed by atoms with Crippen molar-refractivity contribution in [3.05, 3.63) is 46.0 Å². The maximum atomic E-state index is 6.43. The summed E-state index contributed by atoms with van der Waals surface area (Å²) in [5, 5.41) is 0.787. The van der Waals surface area contributed by atoms with Gasteiger partial charge in [0.15, 0.2) is 0 Å². The molecule has 1 aliphatic carbocycles. The van der Waals surface area contributed by atoms with Crippen molar-refractivity contribution in [2.24, 2.45) is 5.73 Å². The molecule has 0 radical (unpaired) electrons. The van der Waals surface area contributed by atoms with Gasteiger partial charge in [-0.05, 0) is 55.9 Å². The van der Waals surface area contributed by atoms with E-state index in [4.69, 9.17) is 17.3 Å². The zero-order valence-electron chi connectivity index (χ0n) is 11.1. The van der Waals surface area contributed by atoms with Gasteiger partial charge < -0.3 is 5.73 Å². The molecular formula is C16H22ClN. The Labute approximate surface area is 115 Å². The third-order valence-electron chi connectivity index (χ3n) is 3.79. The molecule has 0 saturated heterocycles. The molecule has 0 spiro atoms. The van der Waals surface area contributed by atoms with E-state index in [1.54, 1.807) is 0 Å². The van der Waals surface area contributed by atoms with E-state index in [1.807, 2.05) is 12.1 Å². The monoisotopic (exact) mass is 263 g/mol. The number of rotatable bonds is 2. The van der Waals surface area contributed by atoms with Crippen molar-refractivity contribution in [1.29, 1.82) is 0 Å². The van der Waals surface area contributed by atoms with E-state index in [0.29, 0.717) is 0 Å². The SMILES string of the molecule is Cc1cc(Cl)ccc1C(N)/C1=C/CCCCCC1. The van der Waals surface area contributed by atoms with Crippen molar-refractivity contribution in [2.75, 3.05) is 0 Å². The summed E-state index contributed by atoms with van der Waals surface area (Å²) < 4.78 is 0. The van der Waals surface area contributed by atoms with Gasteiger partial charge in [0, 0.05) is 5.02 Å². The van der Waals surface area contributed by atoms with Crippen LogP contribution in [0, 0.1) is 6.92 Å². The van der Waals surface area contributed by atoms with Crippen LogP contribution in [0.1, 0.15) is 55.7 Å². The molecule has 2 rings (SSSR count). The molecule has 1 unspecified atom stereocenters. The summed E-state index contributed by atoms with van der Waals surface area (Å²) in [6, 6.07) is 6.05. The minimum Gasteiger partial charge on any atom is -0.321 e. The zero-order valence-corrected chi connectivity index (χ0v) is 11.8. The molecular weight excluding hydrogens is 242 g/mol. The smallest absolute Gasteiger partial charge is 0.0513 e. The third-order valence-corrected chi connectivity index (χ3v) is 4.03. The van der Waals surface area contributed by atoms with Gasteiger partial charge in [-0.3, -0.25) is 0 Å². The average molecular weight is 264 g/mol. The Morgan fingerprint density at radius 2 is 1.94 bits per heavy atom. The maximum Gasteiger partial charge on any atom is 0.0513 e. The Bertz CT molecular complexity index is 437. The van der Waals surface area contributed by atoms with Gasteiger partial charge in [0.1, 0.15) is 0 Å². The van der Waals surface area contributed by atoms with Crippen LogP contribution in [-0.4, -0.2) is 0 Å². The van der Waals surface area contributed by atoms with Crippen molar-refractivity contribution in [3.8, 4) is 0 Å². The summed E-state index contributed by atoms with van der Waals surface area (Å²) in [5.41, 5.74) is 10.2. The topological polar surface area (TPSA) is 26.0 Å². The number of aryl methyl sites for hydroxylation is 1. The normalized spacial score (nSPS) is 21.6.